The maximum Gasteiger partial charge on any atom is 0.244 e. The Kier molecular flexibility index (Phi) is 5.38. The first-order chi connectivity index (χ1) is 15.9. The van der Waals surface area contributed by atoms with Crippen LogP contribution in [0.1, 0.15) is 28.4 Å². The molecule has 4 aromatic rings. The van der Waals surface area contributed by atoms with Crippen LogP contribution in [-0.2, 0) is 16.4 Å². The van der Waals surface area contributed by atoms with Crippen molar-refractivity contribution < 1.29 is 17.9 Å². The van der Waals surface area contributed by atoms with Crippen LogP contribution < -0.4 is 9.47 Å². The van der Waals surface area contributed by atoms with E-state index in [0.717, 1.165) is 33.3 Å². The molecular formula is C26H26N2O4S. The molecule has 0 radical (unpaired) electrons. The van der Waals surface area contributed by atoms with Crippen molar-refractivity contribution >= 4 is 20.9 Å². The number of hydrogen-bond donors (Lipinski definition) is 1. The molecule has 170 valence electrons. The molecular weight excluding hydrogens is 436 g/mol. The molecule has 1 aliphatic rings. The highest BCUT2D eigenvalue weighted by Gasteiger charge is 2.40. The number of para-hydroxylation sites is 1. The number of rotatable bonds is 5. The summed E-state index contributed by atoms with van der Waals surface area (Å²) in [7, 11) is -0.589. The number of fused-ring (bicyclic) bond motifs is 3. The molecule has 3 aromatic carbocycles. The van der Waals surface area contributed by atoms with Crippen LogP contribution in [0.5, 0.6) is 11.5 Å². The van der Waals surface area contributed by atoms with Gasteiger partial charge in [0.25, 0.3) is 0 Å². The highest BCUT2D eigenvalue weighted by atomic mass is 32.2. The summed E-state index contributed by atoms with van der Waals surface area (Å²) in [5.74, 6) is 1.25. The molecule has 33 heavy (non-hydrogen) atoms. The second-order valence-corrected chi connectivity index (χ2v) is 10.1. The summed E-state index contributed by atoms with van der Waals surface area (Å²) in [6, 6.07) is 20.0. The lowest BCUT2D eigenvalue weighted by atomic mass is 9.93. The fourth-order valence-corrected chi connectivity index (χ4v) is 6.27. The molecule has 1 unspecified atom stereocenters. The van der Waals surface area contributed by atoms with Crippen molar-refractivity contribution in [2.45, 2.75) is 24.3 Å². The monoisotopic (exact) mass is 462 g/mol. The van der Waals surface area contributed by atoms with Crippen LogP contribution in [0.2, 0.25) is 0 Å². The Labute approximate surface area is 193 Å². The number of sulfonamides is 1. The number of aromatic amines is 1. The Morgan fingerprint density at radius 1 is 0.970 bits per heavy atom. The number of nitrogens with one attached hydrogen (secondary N) is 1. The van der Waals surface area contributed by atoms with Gasteiger partial charge < -0.3 is 14.5 Å². The molecule has 0 fully saturated rings. The second kappa shape index (κ2) is 8.24. The quantitative estimate of drug-likeness (QED) is 0.461. The van der Waals surface area contributed by atoms with Crippen molar-refractivity contribution in [1.82, 2.24) is 9.29 Å². The van der Waals surface area contributed by atoms with Crippen LogP contribution in [-0.4, -0.2) is 38.5 Å². The van der Waals surface area contributed by atoms with Gasteiger partial charge in [0.05, 0.1) is 25.2 Å². The summed E-state index contributed by atoms with van der Waals surface area (Å²) in [6.07, 6.45) is 0.618. The van der Waals surface area contributed by atoms with Gasteiger partial charge in [0, 0.05) is 28.7 Å². The van der Waals surface area contributed by atoms with E-state index >= 15 is 0 Å². The van der Waals surface area contributed by atoms with Gasteiger partial charge in [0.2, 0.25) is 10.0 Å². The minimum atomic E-state index is -3.78. The van der Waals surface area contributed by atoms with Crippen molar-refractivity contribution in [3.63, 3.8) is 0 Å². The van der Waals surface area contributed by atoms with E-state index in [2.05, 4.69) is 11.1 Å². The van der Waals surface area contributed by atoms with E-state index < -0.39 is 16.1 Å². The molecule has 0 saturated heterocycles. The van der Waals surface area contributed by atoms with E-state index in [1.165, 1.54) is 0 Å². The standard InChI is InChI=1S/C26H26N2O4S/c1-17-8-11-19(12-9-17)33(29,30)28-15-14-21-20-6-4-5-7-23(20)27-25(21)26(28)22-16-18(31-2)10-13-24(22)32-3/h4-13,16,26-27H,14-15H2,1-3H3. The Morgan fingerprint density at radius 2 is 1.73 bits per heavy atom. The minimum absolute atomic E-state index is 0.277. The zero-order chi connectivity index (χ0) is 23.2. The van der Waals surface area contributed by atoms with Crippen molar-refractivity contribution in [3.05, 3.63) is 89.1 Å². The summed E-state index contributed by atoms with van der Waals surface area (Å²) < 4.78 is 40.5. The van der Waals surface area contributed by atoms with Gasteiger partial charge in [-0.2, -0.15) is 4.31 Å². The smallest absolute Gasteiger partial charge is 0.244 e. The minimum Gasteiger partial charge on any atom is -0.497 e. The largest absolute Gasteiger partial charge is 0.497 e. The number of aromatic nitrogens is 1. The summed E-state index contributed by atoms with van der Waals surface area (Å²) in [5.41, 5.74) is 4.74. The first-order valence-corrected chi connectivity index (χ1v) is 12.3. The van der Waals surface area contributed by atoms with E-state index in [1.807, 2.05) is 55.5 Å². The molecule has 7 heteroatoms. The predicted molar refractivity (Wildman–Crippen MR) is 128 cm³/mol. The predicted octanol–water partition coefficient (Wildman–Crippen LogP) is 4.83. The third-order valence-corrected chi connectivity index (χ3v) is 8.23. The van der Waals surface area contributed by atoms with Gasteiger partial charge in [-0.1, -0.05) is 35.9 Å². The third-order valence-electron chi connectivity index (χ3n) is 6.35. The van der Waals surface area contributed by atoms with Gasteiger partial charge in [0.1, 0.15) is 11.5 Å². The summed E-state index contributed by atoms with van der Waals surface area (Å²) in [5, 5.41) is 1.12. The zero-order valence-corrected chi connectivity index (χ0v) is 19.6. The van der Waals surface area contributed by atoms with Crippen molar-refractivity contribution in [2.24, 2.45) is 0 Å². The van der Waals surface area contributed by atoms with E-state index in [1.54, 1.807) is 30.7 Å². The highest BCUT2D eigenvalue weighted by molar-refractivity contribution is 7.89. The SMILES string of the molecule is COc1ccc(OC)c(C2c3[nH]c4ccccc4c3CCN2S(=O)(=O)c2ccc(C)cc2)c1. The average Bonchev–Trinajstić information content (AvgIpc) is 3.22. The number of methoxy groups -OCH3 is 2. The highest BCUT2D eigenvalue weighted by Crippen LogP contribution is 2.44. The lowest BCUT2D eigenvalue weighted by molar-refractivity contribution is 0.325. The first-order valence-electron chi connectivity index (χ1n) is 10.8. The van der Waals surface area contributed by atoms with Gasteiger partial charge in [-0.3, -0.25) is 0 Å². The third kappa shape index (κ3) is 3.57. The zero-order valence-electron chi connectivity index (χ0n) is 18.8. The summed E-state index contributed by atoms with van der Waals surface area (Å²) in [4.78, 5) is 3.79. The first kappa shape index (κ1) is 21.6. The van der Waals surface area contributed by atoms with Crippen molar-refractivity contribution in [2.75, 3.05) is 20.8 Å². The fourth-order valence-electron chi connectivity index (χ4n) is 4.69. The maximum absolute atomic E-state index is 13.9. The summed E-state index contributed by atoms with van der Waals surface area (Å²) >= 11 is 0. The van der Waals surface area contributed by atoms with Crippen LogP contribution in [0.25, 0.3) is 10.9 Å². The molecule has 0 saturated carbocycles. The van der Waals surface area contributed by atoms with E-state index in [4.69, 9.17) is 9.47 Å². The lowest BCUT2D eigenvalue weighted by Crippen LogP contribution is -2.40. The van der Waals surface area contributed by atoms with E-state index in [9.17, 15) is 8.42 Å². The Hall–Kier alpha value is -3.29. The topological polar surface area (TPSA) is 71.6 Å². The van der Waals surface area contributed by atoms with Crippen LogP contribution in [0.3, 0.4) is 0 Å². The molecule has 0 aliphatic carbocycles. The molecule has 6 nitrogen and oxygen atoms in total. The van der Waals surface area contributed by atoms with E-state index in [0.29, 0.717) is 24.5 Å². The molecule has 5 rings (SSSR count). The van der Waals surface area contributed by atoms with Gasteiger partial charge >= 0.3 is 0 Å². The maximum atomic E-state index is 13.9. The van der Waals surface area contributed by atoms with Crippen molar-refractivity contribution in [1.29, 1.82) is 0 Å². The second-order valence-electron chi connectivity index (χ2n) is 8.25. The van der Waals surface area contributed by atoms with Gasteiger partial charge in [-0.15, -0.1) is 0 Å². The van der Waals surface area contributed by atoms with Crippen LogP contribution in [0.15, 0.2) is 71.6 Å². The molecule has 2 heterocycles. The Bertz CT molecular complexity index is 1420. The van der Waals surface area contributed by atoms with Gasteiger partial charge in [-0.25, -0.2) is 8.42 Å². The number of hydrogen-bond acceptors (Lipinski definition) is 4. The number of ether oxygens (including phenoxy) is 2. The molecule has 1 atom stereocenters. The lowest BCUT2D eigenvalue weighted by Gasteiger charge is -2.36. The van der Waals surface area contributed by atoms with Gasteiger partial charge in [-0.05, 0) is 55.3 Å². The number of H-pyrrole nitrogens is 1. The summed E-state index contributed by atoms with van der Waals surface area (Å²) in [6.45, 7) is 2.30. The fraction of sp³-hybridized carbons (Fsp3) is 0.231. The average molecular weight is 463 g/mol. The van der Waals surface area contributed by atoms with E-state index in [-0.39, 0.29) is 4.90 Å². The number of benzene rings is 3. The Balaban J connectivity index is 1.76. The Morgan fingerprint density at radius 3 is 2.45 bits per heavy atom. The molecule has 1 N–H and O–H groups in total. The molecule has 0 amide bonds. The normalized spacial score (nSPS) is 16.5. The van der Waals surface area contributed by atoms with Crippen LogP contribution in [0.4, 0.5) is 0 Å². The van der Waals surface area contributed by atoms with Crippen LogP contribution in [0, 0.1) is 6.92 Å². The number of aryl methyl sites for hydroxylation is 1. The molecule has 1 aliphatic heterocycles. The van der Waals surface area contributed by atoms with Crippen molar-refractivity contribution in [3.8, 4) is 11.5 Å². The number of nitrogens with zero attached hydrogens (tertiary/aromatic N) is 1. The van der Waals surface area contributed by atoms with Gasteiger partial charge in [0.15, 0.2) is 0 Å². The molecule has 0 spiro atoms. The molecule has 1 aromatic heterocycles. The van der Waals surface area contributed by atoms with Crippen LogP contribution >= 0.6 is 0 Å². The molecule has 0 bridgehead atoms.